The van der Waals surface area contributed by atoms with Gasteiger partial charge in [0.1, 0.15) is 12.3 Å². The highest BCUT2D eigenvalue weighted by Gasteiger charge is 2.50. The summed E-state index contributed by atoms with van der Waals surface area (Å²) >= 11 is 0. The quantitative estimate of drug-likeness (QED) is 0.472. The lowest BCUT2D eigenvalue weighted by Gasteiger charge is -2.43. The third-order valence-corrected chi connectivity index (χ3v) is 10.2. The standard InChI is InChI=1S/C24H28N2O3Si/c1-24(2,3)30(21-12-6-4-7-13-21,22-14-8-5-9-15-22)29-19-20(18-27)25-23(28)26-16-10-11-17-26/h4-18,20H,19H2,1-3H3,(H,25,28)/t20-/m1/s1. The van der Waals surface area contributed by atoms with Crippen LogP contribution in [0, 0.1) is 0 Å². The fraction of sp³-hybridized carbons (Fsp3) is 0.250. The van der Waals surface area contributed by atoms with Crippen LogP contribution in [0.2, 0.25) is 5.04 Å². The van der Waals surface area contributed by atoms with E-state index in [1.165, 1.54) is 4.57 Å². The molecule has 0 aliphatic carbocycles. The average Bonchev–Trinajstić information content (AvgIpc) is 3.29. The Balaban J connectivity index is 1.94. The molecule has 5 nitrogen and oxygen atoms in total. The van der Waals surface area contributed by atoms with E-state index in [4.69, 9.17) is 4.43 Å². The molecule has 0 unspecified atom stereocenters. The van der Waals surface area contributed by atoms with E-state index in [1.54, 1.807) is 24.5 Å². The lowest BCUT2D eigenvalue weighted by atomic mass is 10.2. The summed E-state index contributed by atoms with van der Waals surface area (Å²) in [5.74, 6) is 0. The number of hydrogen-bond acceptors (Lipinski definition) is 3. The zero-order chi connectivity index (χ0) is 21.6. The Hall–Kier alpha value is -2.96. The van der Waals surface area contributed by atoms with Crippen molar-refractivity contribution in [1.82, 2.24) is 9.88 Å². The van der Waals surface area contributed by atoms with Gasteiger partial charge < -0.3 is 14.5 Å². The molecular formula is C24H28N2O3Si. The van der Waals surface area contributed by atoms with E-state index in [9.17, 15) is 9.59 Å². The Morgan fingerprint density at radius 1 is 0.967 bits per heavy atom. The van der Waals surface area contributed by atoms with Crippen molar-refractivity contribution in [2.75, 3.05) is 6.61 Å². The summed E-state index contributed by atoms with van der Waals surface area (Å²) < 4.78 is 8.12. The van der Waals surface area contributed by atoms with Crippen LogP contribution in [0.4, 0.5) is 4.79 Å². The molecule has 3 aromatic rings. The number of amides is 1. The first kappa shape index (κ1) is 21.7. The van der Waals surface area contributed by atoms with Gasteiger partial charge in [-0.15, -0.1) is 0 Å². The molecule has 1 amide bonds. The van der Waals surface area contributed by atoms with Gasteiger partial charge in [-0.1, -0.05) is 81.4 Å². The van der Waals surface area contributed by atoms with Crippen LogP contribution in [0.15, 0.2) is 85.2 Å². The summed E-state index contributed by atoms with van der Waals surface area (Å²) in [7, 11) is -2.76. The molecule has 2 aromatic carbocycles. The molecule has 30 heavy (non-hydrogen) atoms. The van der Waals surface area contributed by atoms with Crippen molar-refractivity contribution >= 4 is 31.0 Å². The molecule has 1 aromatic heterocycles. The molecule has 6 heteroatoms. The lowest BCUT2D eigenvalue weighted by Crippen LogP contribution is -2.67. The summed E-state index contributed by atoms with van der Waals surface area (Å²) in [5, 5.41) is 4.81. The van der Waals surface area contributed by atoms with Crippen LogP contribution in [0.1, 0.15) is 20.8 Å². The first-order chi connectivity index (χ1) is 14.4. The van der Waals surface area contributed by atoms with Gasteiger partial charge in [-0.3, -0.25) is 4.57 Å². The van der Waals surface area contributed by atoms with Gasteiger partial charge in [0.2, 0.25) is 0 Å². The van der Waals surface area contributed by atoms with Gasteiger partial charge in [0.15, 0.2) is 0 Å². The number of carbonyl (C=O) groups is 2. The van der Waals surface area contributed by atoms with Crippen LogP contribution < -0.4 is 15.7 Å². The maximum atomic E-state index is 12.4. The molecule has 1 heterocycles. The third-order valence-electron chi connectivity index (χ3n) is 5.21. The Labute approximate surface area is 178 Å². The number of aromatic nitrogens is 1. The number of nitrogens with zero attached hydrogens (tertiary/aromatic N) is 1. The van der Waals surface area contributed by atoms with Gasteiger partial charge in [-0.2, -0.15) is 0 Å². The smallest absolute Gasteiger partial charge is 0.326 e. The van der Waals surface area contributed by atoms with Crippen molar-refractivity contribution in [2.24, 2.45) is 0 Å². The van der Waals surface area contributed by atoms with Gasteiger partial charge >= 0.3 is 6.03 Å². The van der Waals surface area contributed by atoms with E-state index >= 15 is 0 Å². The highest BCUT2D eigenvalue weighted by atomic mass is 28.4. The average molecular weight is 421 g/mol. The largest absolute Gasteiger partial charge is 0.405 e. The Bertz CT molecular complexity index is 912. The van der Waals surface area contributed by atoms with Crippen molar-refractivity contribution in [1.29, 1.82) is 0 Å². The number of rotatable bonds is 7. The summed E-state index contributed by atoms with van der Waals surface area (Å²) in [4.78, 5) is 24.1. The molecule has 3 rings (SSSR count). The van der Waals surface area contributed by atoms with E-state index in [2.05, 4.69) is 50.4 Å². The maximum absolute atomic E-state index is 12.4. The highest BCUT2D eigenvalue weighted by Crippen LogP contribution is 2.36. The highest BCUT2D eigenvalue weighted by molar-refractivity contribution is 6.99. The maximum Gasteiger partial charge on any atom is 0.326 e. The summed E-state index contributed by atoms with van der Waals surface area (Å²) in [6.07, 6.45) is 4.01. The van der Waals surface area contributed by atoms with E-state index in [0.717, 1.165) is 16.7 Å². The molecule has 156 valence electrons. The first-order valence-electron chi connectivity index (χ1n) is 10.0. The molecular weight excluding hydrogens is 392 g/mol. The number of nitrogens with one attached hydrogen (secondary N) is 1. The Morgan fingerprint density at radius 2 is 1.47 bits per heavy atom. The van der Waals surface area contributed by atoms with E-state index in [1.807, 2.05) is 36.4 Å². The van der Waals surface area contributed by atoms with Gasteiger partial charge in [-0.25, -0.2) is 4.79 Å². The minimum Gasteiger partial charge on any atom is -0.405 e. The Kier molecular flexibility index (Phi) is 6.69. The molecule has 0 bridgehead atoms. The van der Waals surface area contributed by atoms with E-state index < -0.39 is 14.4 Å². The van der Waals surface area contributed by atoms with Crippen LogP contribution in [-0.2, 0) is 9.22 Å². The van der Waals surface area contributed by atoms with Crippen LogP contribution in [-0.4, -0.2) is 37.9 Å². The topological polar surface area (TPSA) is 60.3 Å². The summed E-state index contributed by atoms with van der Waals surface area (Å²) in [6, 6.07) is 22.8. The van der Waals surface area contributed by atoms with Crippen LogP contribution in [0.3, 0.4) is 0 Å². The zero-order valence-corrected chi connectivity index (χ0v) is 18.6. The van der Waals surface area contributed by atoms with Crippen LogP contribution in [0.25, 0.3) is 0 Å². The van der Waals surface area contributed by atoms with Crippen molar-refractivity contribution in [2.45, 2.75) is 31.9 Å². The predicted molar refractivity (Wildman–Crippen MR) is 122 cm³/mol. The second-order valence-electron chi connectivity index (χ2n) is 8.26. The second-order valence-corrected chi connectivity index (χ2v) is 12.6. The van der Waals surface area contributed by atoms with Crippen molar-refractivity contribution in [3.05, 3.63) is 85.2 Å². The van der Waals surface area contributed by atoms with Crippen LogP contribution >= 0.6 is 0 Å². The molecule has 0 saturated carbocycles. The molecule has 0 fully saturated rings. The summed E-state index contributed by atoms with van der Waals surface area (Å²) in [6.45, 7) is 6.62. The van der Waals surface area contributed by atoms with Crippen molar-refractivity contribution in [3.63, 3.8) is 0 Å². The summed E-state index contributed by atoms with van der Waals surface area (Å²) in [5.41, 5.74) is 0. The minimum absolute atomic E-state index is 0.101. The minimum atomic E-state index is -2.76. The Morgan fingerprint density at radius 3 is 1.90 bits per heavy atom. The molecule has 1 N–H and O–H groups in total. The molecule has 0 saturated heterocycles. The monoisotopic (exact) mass is 420 g/mol. The third kappa shape index (κ3) is 4.45. The predicted octanol–water partition coefficient (Wildman–Crippen LogP) is 3.19. The van der Waals surface area contributed by atoms with Crippen LogP contribution in [0.5, 0.6) is 0 Å². The van der Waals surface area contributed by atoms with Gasteiger partial charge in [0, 0.05) is 12.4 Å². The number of benzene rings is 2. The van der Waals surface area contributed by atoms with Gasteiger partial charge in [-0.05, 0) is 27.5 Å². The molecule has 0 aliphatic heterocycles. The molecule has 0 spiro atoms. The van der Waals surface area contributed by atoms with E-state index in [0.29, 0.717) is 0 Å². The SMILES string of the molecule is CC(C)(C)[Si](OC[C@@H](C=O)NC(=O)n1cccc1)(c1ccccc1)c1ccccc1. The number of aldehydes is 1. The number of hydrogen-bond donors (Lipinski definition) is 1. The molecule has 0 aliphatic rings. The van der Waals surface area contributed by atoms with Gasteiger partial charge in [0.25, 0.3) is 8.32 Å². The van der Waals surface area contributed by atoms with Crippen molar-refractivity contribution in [3.8, 4) is 0 Å². The van der Waals surface area contributed by atoms with Crippen molar-refractivity contribution < 1.29 is 14.0 Å². The first-order valence-corrected chi connectivity index (χ1v) is 11.9. The fourth-order valence-corrected chi connectivity index (χ4v) is 8.38. The second kappa shape index (κ2) is 9.24. The fourth-order valence-electron chi connectivity index (χ4n) is 3.79. The van der Waals surface area contributed by atoms with Gasteiger partial charge in [0.05, 0.1) is 6.61 Å². The normalized spacial score (nSPS) is 12.9. The molecule has 1 atom stereocenters. The molecule has 0 radical (unpaired) electrons. The zero-order valence-electron chi connectivity index (χ0n) is 17.6. The van der Waals surface area contributed by atoms with E-state index in [-0.39, 0.29) is 17.7 Å². The lowest BCUT2D eigenvalue weighted by molar-refractivity contribution is -0.110. The number of carbonyl (C=O) groups excluding carboxylic acids is 2.